The zero-order chi connectivity index (χ0) is 12.3. The topological polar surface area (TPSA) is 12.0 Å². The summed E-state index contributed by atoms with van der Waals surface area (Å²) in [6, 6.07) is 14.2. The lowest BCUT2D eigenvalue weighted by molar-refractivity contribution is 1.10. The van der Waals surface area contributed by atoms with Gasteiger partial charge in [-0.05, 0) is 42.7 Å². The van der Waals surface area contributed by atoms with Crippen LogP contribution in [-0.2, 0) is 6.54 Å². The van der Waals surface area contributed by atoms with Crippen molar-refractivity contribution < 1.29 is 0 Å². The molecule has 0 bridgehead atoms. The summed E-state index contributed by atoms with van der Waals surface area (Å²) in [5.74, 6) is 0. The Morgan fingerprint density at radius 1 is 1.00 bits per heavy atom. The molecule has 0 aliphatic rings. The molecule has 0 atom stereocenters. The summed E-state index contributed by atoms with van der Waals surface area (Å²) in [6.07, 6.45) is 0. The predicted molar refractivity (Wildman–Crippen MR) is 74.7 cm³/mol. The fourth-order valence-corrected chi connectivity index (χ4v) is 2.00. The van der Waals surface area contributed by atoms with E-state index in [1.54, 1.807) is 0 Å². The first-order valence-corrected chi connectivity index (χ1v) is 6.10. The van der Waals surface area contributed by atoms with Crippen LogP contribution in [0.15, 0.2) is 42.5 Å². The lowest BCUT2D eigenvalue weighted by Crippen LogP contribution is -2.02. The van der Waals surface area contributed by atoms with Crippen molar-refractivity contribution in [3.8, 4) is 0 Å². The van der Waals surface area contributed by atoms with E-state index in [0.717, 1.165) is 17.3 Å². The van der Waals surface area contributed by atoms with E-state index in [9.17, 15) is 0 Å². The summed E-state index contributed by atoms with van der Waals surface area (Å²) in [7, 11) is 0. The summed E-state index contributed by atoms with van der Waals surface area (Å²) in [5, 5.41) is 4.13. The van der Waals surface area contributed by atoms with Crippen molar-refractivity contribution in [3.63, 3.8) is 0 Å². The van der Waals surface area contributed by atoms with Crippen molar-refractivity contribution in [3.05, 3.63) is 64.2 Å². The molecular weight excluding hydrogens is 230 g/mol. The fourth-order valence-electron chi connectivity index (χ4n) is 1.80. The van der Waals surface area contributed by atoms with Gasteiger partial charge in [0.15, 0.2) is 0 Å². The Morgan fingerprint density at radius 2 is 1.76 bits per heavy atom. The highest BCUT2D eigenvalue weighted by molar-refractivity contribution is 6.33. The average Bonchev–Trinajstić information content (AvgIpc) is 2.33. The van der Waals surface area contributed by atoms with Crippen LogP contribution >= 0.6 is 11.6 Å². The SMILES string of the molecule is Cc1cccc(CNc2ccccc2Cl)c1C. The van der Waals surface area contributed by atoms with Crippen LogP contribution in [0.2, 0.25) is 5.02 Å². The molecule has 0 aliphatic carbocycles. The number of aryl methyl sites for hydroxylation is 1. The third-order valence-corrected chi connectivity index (χ3v) is 3.39. The minimum Gasteiger partial charge on any atom is -0.380 e. The van der Waals surface area contributed by atoms with Crippen LogP contribution in [0.4, 0.5) is 5.69 Å². The molecule has 0 saturated carbocycles. The van der Waals surface area contributed by atoms with Crippen LogP contribution in [0, 0.1) is 13.8 Å². The second-order valence-corrected chi connectivity index (χ2v) is 4.60. The van der Waals surface area contributed by atoms with Gasteiger partial charge >= 0.3 is 0 Å². The van der Waals surface area contributed by atoms with Gasteiger partial charge in [0, 0.05) is 6.54 Å². The van der Waals surface area contributed by atoms with Crippen molar-refractivity contribution in [2.75, 3.05) is 5.32 Å². The molecular formula is C15H16ClN. The van der Waals surface area contributed by atoms with Gasteiger partial charge in [-0.25, -0.2) is 0 Å². The van der Waals surface area contributed by atoms with Crippen LogP contribution in [-0.4, -0.2) is 0 Å². The molecule has 0 fully saturated rings. The van der Waals surface area contributed by atoms with E-state index >= 15 is 0 Å². The van der Waals surface area contributed by atoms with Gasteiger partial charge in [-0.15, -0.1) is 0 Å². The van der Waals surface area contributed by atoms with E-state index in [4.69, 9.17) is 11.6 Å². The molecule has 0 aliphatic heterocycles. The summed E-state index contributed by atoms with van der Waals surface area (Å²) in [6.45, 7) is 5.09. The lowest BCUT2D eigenvalue weighted by atomic mass is 10.0. The molecule has 0 radical (unpaired) electrons. The molecule has 2 rings (SSSR count). The summed E-state index contributed by atoms with van der Waals surface area (Å²) in [4.78, 5) is 0. The van der Waals surface area contributed by atoms with Crippen LogP contribution in [0.5, 0.6) is 0 Å². The summed E-state index contributed by atoms with van der Waals surface area (Å²) < 4.78 is 0. The number of halogens is 1. The van der Waals surface area contributed by atoms with E-state index in [1.807, 2.05) is 24.3 Å². The number of anilines is 1. The Bertz CT molecular complexity index is 520. The fraction of sp³-hybridized carbons (Fsp3) is 0.200. The van der Waals surface area contributed by atoms with Gasteiger partial charge in [0.2, 0.25) is 0 Å². The lowest BCUT2D eigenvalue weighted by Gasteiger charge is -2.11. The molecule has 0 heterocycles. The largest absolute Gasteiger partial charge is 0.380 e. The number of benzene rings is 2. The standard InChI is InChI=1S/C15H16ClN/c1-11-6-5-7-13(12(11)2)10-17-15-9-4-3-8-14(15)16/h3-9,17H,10H2,1-2H3. The molecule has 2 heteroatoms. The van der Waals surface area contributed by atoms with Crippen molar-refractivity contribution >= 4 is 17.3 Å². The number of para-hydroxylation sites is 1. The van der Waals surface area contributed by atoms with Gasteiger partial charge in [-0.1, -0.05) is 41.9 Å². The zero-order valence-electron chi connectivity index (χ0n) is 10.1. The molecule has 88 valence electrons. The average molecular weight is 246 g/mol. The van der Waals surface area contributed by atoms with Crippen molar-refractivity contribution in [1.82, 2.24) is 0 Å². The van der Waals surface area contributed by atoms with Crippen LogP contribution < -0.4 is 5.32 Å². The van der Waals surface area contributed by atoms with Crippen LogP contribution in [0.25, 0.3) is 0 Å². The zero-order valence-corrected chi connectivity index (χ0v) is 10.9. The van der Waals surface area contributed by atoms with Gasteiger partial charge in [0.05, 0.1) is 10.7 Å². The number of rotatable bonds is 3. The maximum atomic E-state index is 6.10. The van der Waals surface area contributed by atoms with Crippen LogP contribution in [0.3, 0.4) is 0 Å². The number of hydrogen-bond acceptors (Lipinski definition) is 1. The third kappa shape index (κ3) is 2.80. The Kier molecular flexibility index (Phi) is 3.70. The molecule has 0 spiro atoms. The quantitative estimate of drug-likeness (QED) is 0.835. The third-order valence-electron chi connectivity index (χ3n) is 3.06. The van der Waals surface area contributed by atoms with Crippen molar-refractivity contribution in [2.24, 2.45) is 0 Å². The minimum atomic E-state index is 0.762. The van der Waals surface area contributed by atoms with Gasteiger partial charge in [-0.2, -0.15) is 0 Å². The van der Waals surface area contributed by atoms with Gasteiger partial charge < -0.3 is 5.32 Å². The molecule has 0 amide bonds. The Hall–Kier alpha value is -1.47. The monoisotopic (exact) mass is 245 g/mol. The first kappa shape index (κ1) is 12.0. The first-order valence-electron chi connectivity index (χ1n) is 5.72. The molecule has 2 aromatic rings. The van der Waals surface area contributed by atoms with Crippen LogP contribution in [0.1, 0.15) is 16.7 Å². The smallest absolute Gasteiger partial charge is 0.0637 e. The molecule has 17 heavy (non-hydrogen) atoms. The molecule has 2 aromatic carbocycles. The van der Waals surface area contributed by atoms with Crippen molar-refractivity contribution in [1.29, 1.82) is 0 Å². The molecule has 0 aromatic heterocycles. The normalized spacial score (nSPS) is 10.3. The van der Waals surface area contributed by atoms with Gasteiger partial charge in [0.25, 0.3) is 0 Å². The summed E-state index contributed by atoms with van der Waals surface area (Å²) in [5.41, 5.74) is 4.95. The molecule has 1 N–H and O–H groups in total. The van der Waals surface area contributed by atoms with E-state index in [0.29, 0.717) is 0 Å². The molecule has 0 saturated heterocycles. The molecule has 0 unspecified atom stereocenters. The van der Waals surface area contributed by atoms with E-state index in [1.165, 1.54) is 16.7 Å². The van der Waals surface area contributed by atoms with Crippen molar-refractivity contribution in [2.45, 2.75) is 20.4 Å². The minimum absolute atomic E-state index is 0.762. The van der Waals surface area contributed by atoms with E-state index < -0.39 is 0 Å². The number of hydrogen-bond donors (Lipinski definition) is 1. The first-order chi connectivity index (χ1) is 8.18. The highest BCUT2D eigenvalue weighted by atomic mass is 35.5. The highest BCUT2D eigenvalue weighted by Crippen LogP contribution is 2.22. The second kappa shape index (κ2) is 5.24. The second-order valence-electron chi connectivity index (χ2n) is 4.19. The Morgan fingerprint density at radius 3 is 2.53 bits per heavy atom. The maximum absolute atomic E-state index is 6.10. The number of nitrogens with one attached hydrogen (secondary N) is 1. The van der Waals surface area contributed by atoms with Gasteiger partial charge in [0.1, 0.15) is 0 Å². The summed E-state index contributed by atoms with van der Waals surface area (Å²) >= 11 is 6.10. The Labute approximate surface area is 107 Å². The van der Waals surface area contributed by atoms with E-state index in [-0.39, 0.29) is 0 Å². The highest BCUT2D eigenvalue weighted by Gasteiger charge is 2.02. The predicted octanol–water partition coefficient (Wildman–Crippen LogP) is 4.57. The Balaban J connectivity index is 2.13. The molecule has 1 nitrogen and oxygen atoms in total. The van der Waals surface area contributed by atoms with Gasteiger partial charge in [-0.3, -0.25) is 0 Å². The van der Waals surface area contributed by atoms with E-state index in [2.05, 4.69) is 37.4 Å². The maximum Gasteiger partial charge on any atom is 0.0637 e.